The first-order valence-electron chi connectivity index (χ1n) is 6.33. The molecule has 3 heteroatoms. The quantitative estimate of drug-likeness (QED) is 0.875. The molecule has 0 radical (unpaired) electrons. The van der Waals surface area contributed by atoms with Crippen LogP contribution in [0.4, 0.5) is 5.13 Å². The van der Waals surface area contributed by atoms with Gasteiger partial charge in [0, 0.05) is 17.5 Å². The largest absolute Gasteiger partial charge is 0.361 e. The summed E-state index contributed by atoms with van der Waals surface area (Å²) < 4.78 is 0. The number of anilines is 1. The molecule has 1 heterocycles. The van der Waals surface area contributed by atoms with Crippen LogP contribution >= 0.6 is 11.3 Å². The summed E-state index contributed by atoms with van der Waals surface area (Å²) in [4.78, 5) is 4.66. The van der Waals surface area contributed by atoms with Crippen LogP contribution in [-0.2, 0) is 0 Å². The van der Waals surface area contributed by atoms with Gasteiger partial charge in [-0.25, -0.2) is 4.98 Å². The van der Waals surface area contributed by atoms with Crippen LogP contribution < -0.4 is 5.32 Å². The van der Waals surface area contributed by atoms with E-state index in [2.05, 4.69) is 61.6 Å². The van der Waals surface area contributed by atoms with Crippen molar-refractivity contribution in [2.24, 2.45) is 5.92 Å². The summed E-state index contributed by atoms with van der Waals surface area (Å²) in [7, 11) is 0. The van der Waals surface area contributed by atoms with Gasteiger partial charge in [0.2, 0.25) is 0 Å². The lowest BCUT2D eigenvalue weighted by Crippen LogP contribution is -2.07. The monoisotopic (exact) mass is 260 g/mol. The number of hydrogen-bond acceptors (Lipinski definition) is 3. The lowest BCUT2D eigenvalue weighted by Gasteiger charge is -2.05. The van der Waals surface area contributed by atoms with Gasteiger partial charge >= 0.3 is 0 Å². The Balaban J connectivity index is 2.21. The van der Waals surface area contributed by atoms with Gasteiger partial charge in [0.25, 0.3) is 0 Å². The molecule has 0 fully saturated rings. The smallest absolute Gasteiger partial charge is 0.183 e. The molecule has 96 valence electrons. The second-order valence-electron chi connectivity index (χ2n) is 5.13. The standard InChI is InChI=1S/C15H20N2S/c1-10(2)8-16-15-17-14(9-18-15)13-7-11(3)5-6-12(13)4/h5-7,9-10H,8H2,1-4H3,(H,16,17). The third-order valence-electron chi connectivity index (χ3n) is 2.83. The summed E-state index contributed by atoms with van der Waals surface area (Å²) in [5.74, 6) is 0.637. The molecule has 18 heavy (non-hydrogen) atoms. The van der Waals surface area contributed by atoms with Crippen LogP contribution in [0.1, 0.15) is 25.0 Å². The number of aromatic nitrogens is 1. The second-order valence-corrected chi connectivity index (χ2v) is 5.99. The van der Waals surface area contributed by atoms with Gasteiger partial charge < -0.3 is 5.32 Å². The van der Waals surface area contributed by atoms with Crippen LogP contribution in [0.3, 0.4) is 0 Å². The maximum atomic E-state index is 4.66. The minimum atomic E-state index is 0.637. The average Bonchev–Trinajstić information content (AvgIpc) is 2.78. The van der Waals surface area contributed by atoms with Crippen molar-refractivity contribution in [1.29, 1.82) is 0 Å². The molecule has 0 bridgehead atoms. The lowest BCUT2D eigenvalue weighted by molar-refractivity contribution is 0.688. The molecule has 1 N–H and O–H groups in total. The maximum Gasteiger partial charge on any atom is 0.183 e. The first-order chi connectivity index (χ1) is 8.56. The third kappa shape index (κ3) is 3.10. The fourth-order valence-electron chi connectivity index (χ4n) is 1.78. The SMILES string of the molecule is Cc1ccc(C)c(-c2csc(NCC(C)C)n2)c1. The van der Waals surface area contributed by atoms with Crippen LogP contribution in [-0.4, -0.2) is 11.5 Å². The van der Waals surface area contributed by atoms with Gasteiger partial charge in [-0.3, -0.25) is 0 Å². The molecular weight excluding hydrogens is 240 g/mol. The van der Waals surface area contributed by atoms with Crippen molar-refractivity contribution >= 4 is 16.5 Å². The van der Waals surface area contributed by atoms with Crippen molar-refractivity contribution in [3.8, 4) is 11.3 Å². The molecule has 0 saturated heterocycles. The number of benzene rings is 1. The number of thiazole rings is 1. The zero-order valence-electron chi connectivity index (χ0n) is 11.4. The number of nitrogens with zero attached hydrogens (tertiary/aromatic N) is 1. The number of hydrogen-bond donors (Lipinski definition) is 1. The minimum Gasteiger partial charge on any atom is -0.361 e. The molecule has 0 saturated carbocycles. The number of nitrogens with one attached hydrogen (secondary N) is 1. The highest BCUT2D eigenvalue weighted by Gasteiger charge is 2.07. The van der Waals surface area contributed by atoms with Crippen molar-refractivity contribution in [3.05, 3.63) is 34.7 Å². The zero-order chi connectivity index (χ0) is 13.1. The fourth-order valence-corrected chi connectivity index (χ4v) is 2.50. The summed E-state index contributed by atoms with van der Waals surface area (Å²) in [5.41, 5.74) is 4.87. The molecule has 1 aromatic carbocycles. The number of aryl methyl sites for hydroxylation is 2. The van der Waals surface area contributed by atoms with Crippen LogP contribution in [0.25, 0.3) is 11.3 Å². The van der Waals surface area contributed by atoms with Crippen molar-refractivity contribution < 1.29 is 0 Å². The Hall–Kier alpha value is -1.35. The first-order valence-corrected chi connectivity index (χ1v) is 7.21. The van der Waals surface area contributed by atoms with E-state index in [1.54, 1.807) is 11.3 Å². The predicted octanol–water partition coefficient (Wildman–Crippen LogP) is 4.49. The summed E-state index contributed by atoms with van der Waals surface area (Å²) in [6.45, 7) is 9.63. The van der Waals surface area contributed by atoms with E-state index in [-0.39, 0.29) is 0 Å². The van der Waals surface area contributed by atoms with Gasteiger partial charge in [-0.05, 0) is 31.4 Å². The van der Waals surface area contributed by atoms with Crippen LogP contribution in [0.15, 0.2) is 23.6 Å². The summed E-state index contributed by atoms with van der Waals surface area (Å²) in [6.07, 6.45) is 0. The van der Waals surface area contributed by atoms with Gasteiger partial charge in [0.1, 0.15) is 0 Å². The van der Waals surface area contributed by atoms with Gasteiger partial charge in [-0.1, -0.05) is 31.5 Å². The Morgan fingerprint density at radius 1 is 1.28 bits per heavy atom. The minimum absolute atomic E-state index is 0.637. The molecule has 2 rings (SSSR count). The van der Waals surface area contributed by atoms with E-state index in [4.69, 9.17) is 0 Å². The Kier molecular flexibility index (Phi) is 4.02. The normalized spacial score (nSPS) is 10.9. The molecule has 0 aliphatic rings. The topological polar surface area (TPSA) is 24.9 Å². The molecular formula is C15H20N2S. The highest BCUT2D eigenvalue weighted by Crippen LogP contribution is 2.28. The molecule has 0 atom stereocenters. The van der Waals surface area contributed by atoms with Crippen molar-refractivity contribution in [2.75, 3.05) is 11.9 Å². The van der Waals surface area contributed by atoms with E-state index in [1.807, 2.05) is 0 Å². The second kappa shape index (κ2) is 5.53. The number of rotatable bonds is 4. The van der Waals surface area contributed by atoms with Crippen LogP contribution in [0.2, 0.25) is 0 Å². The molecule has 0 unspecified atom stereocenters. The van der Waals surface area contributed by atoms with Crippen molar-refractivity contribution in [2.45, 2.75) is 27.7 Å². The molecule has 2 aromatic rings. The zero-order valence-corrected chi connectivity index (χ0v) is 12.3. The summed E-state index contributed by atoms with van der Waals surface area (Å²) in [5, 5.41) is 6.52. The van der Waals surface area contributed by atoms with Gasteiger partial charge in [0.05, 0.1) is 5.69 Å². The van der Waals surface area contributed by atoms with E-state index in [9.17, 15) is 0 Å². The van der Waals surface area contributed by atoms with Crippen LogP contribution in [0, 0.1) is 19.8 Å². The Morgan fingerprint density at radius 3 is 2.78 bits per heavy atom. The Morgan fingerprint density at radius 2 is 2.06 bits per heavy atom. The fraction of sp³-hybridized carbons (Fsp3) is 0.400. The average molecular weight is 260 g/mol. The van der Waals surface area contributed by atoms with E-state index in [0.717, 1.165) is 17.4 Å². The van der Waals surface area contributed by atoms with Crippen molar-refractivity contribution in [1.82, 2.24) is 4.98 Å². The van der Waals surface area contributed by atoms with Crippen molar-refractivity contribution in [3.63, 3.8) is 0 Å². The summed E-state index contributed by atoms with van der Waals surface area (Å²) >= 11 is 1.68. The van der Waals surface area contributed by atoms with E-state index in [1.165, 1.54) is 16.7 Å². The molecule has 1 aromatic heterocycles. The summed E-state index contributed by atoms with van der Waals surface area (Å²) in [6, 6.07) is 6.50. The third-order valence-corrected chi connectivity index (χ3v) is 3.63. The van der Waals surface area contributed by atoms with Gasteiger partial charge in [-0.15, -0.1) is 11.3 Å². The van der Waals surface area contributed by atoms with E-state index in [0.29, 0.717) is 5.92 Å². The Bertz CT molecular complexity index is 529. The van der Waals surface area contributed by atoms with E-state index < -0.39 is 0 Å². The van der Waals surface area contributed by atoms with Gasteiger partial charge in [0.15, 0.2) is 5.13 Å². The first kappa shape index (κ1) is 13.1. The highest BCUT2D eigenvalue weighted by atomic mass is 32.1. The molecule has 2 nitrogen and oxygen atoms in total. The maximum absolute atomic E-state index is 4.66. The molecule has 0 spiro atoms. The highest BCUT2D eigenvalue weighted by molar-refractivity contribution is 7.14. The van der Waals surface area contributed by atoms with Crippen LogP contribution in [0.5, 0.6) is 0 Å². The molecule has 0 aliphatic heterocycles. The predicted molar refractivity (Wildman–Crippen MR) is 80.4 cm³/mol. The van der Waals surface area contributed by atoms with Gasteiger partial charge in [-0.2, -0.15) is 0 Å². The molecule has 0 aliphatic carbocycles. The van der Waals surface area contributed by atoms with E-state index >= 15 is 0 Å². The molecule has 0 amide bonds. The lowest BCUT2D eigenvalue weighted by atomic mass is 10.0. The Labute approximate surface area is 113 Å².